The monoisotopic (exact) mass is 337 g/mol. The Hall–Kier alpha value is -2.33. The number of aryl methyl sites for hydroxylation is 1. The van der Waals surface area contributed by atoms with Crippen molar-refractivity contribution in [3.05, 3.63) is 40.0 Å². The minimum Gasteiger partial charge on any atom is -0.480 e. The van der Waals surface area contributed by atoms with E-state index in [4.69, 9.17) is 10.4 Å². The standard InChI is InChI=1S/C13H12BrN3O3/c1-8-2-3-11(10(14)4-8)16-6-9(5-15)13(20)17-7-12(18)19/h2-4,6,16H,7H2,1H3,(H,17,20)(H,18,19)/b9-6-. The second kappa shape index (κ2) is 7.31. The molecule has 0 aliphatic carbocycles. The van der Waals surface area contributed by atoms with Crippen LogP contribution >= 0.6 is 15.9 Å². The van der Waals surface area contributed by atoms with E-state index in [1.807, 2.05) is 19.1 Å². The molecule has 0 aliphatic rings. The highest BCUT2D eigenvalue weighted by Crippen LogP contribution is 2.23. The molecule has 0 aliphatic heterocycles. The molecule has 1 aromatic carbocycles. The number of benzene rings is 1. The molecular weight excluding hydrogens is 326 g/mol. The number of hydrogen-bond acceptors (Lipinski definition) is 4. The number of nitriles is 1. The molecule has 0 bridgehead atoms. The van der Waals surface area contributed by atoms with E-state index in [1.54, 1.807) is 12.1 Å². The van der Waals surface area contributed by atoms with Gasteiger partial charge < -0.3 is 15.7 Å². The molecule has 1 aromatic rings. The predicted octanol–water partition coefficient (Wildman–Crippen LogP) is 1.78. The molecule has 7 heteroatoms. The van der Waals surface area contributed by atoms with Crippen LogP contribution in [0.1, 0.15) is 5.56 Å². The summed E-state index contributed by atoms with van der Waals surface area (Å²) in [6.07, 6.45) is 1.23. The normalized spacial score (nSPS) is 10.6. The lowest BCUT2D eigenvalue weighted by molar-refractivity contribution is -0.137. The third-order valence-corrected chi connectivity index (χ3v) is 2.92. The molecule has 1 amide bonds. The average molecular weight is 338 g/mol. The van der Waals surface area contributed by atoms with Gasteiger partial charge in [0.1, 0.15) is 18.2 Å². The molecule has 0 unspecified atom stereocenters. The van der Waals surface area contributed by atoms with Crippen LogP contribution in [0.4, 0.5) is 5.69 Å². The van der Waals surface area contributed by atoms with Crippen molar-refractivity contribution in [2.45, 2.75) is 6.92 Å². The van der Waals surface area contributed by atoms with Gasteiger partial charge in [0.15, 0.2) is 0 Å². The van der Waals surface area contributed by atoms with Crippen molar-refractivity contribution in [3.63, 3.8) is 0 Å². The number of hydrogen-bond donors (Lipinski definition) is 3. The van der Waals surface area contributed by atoms with Gasteiger partial charge in [-0.1, -0.05) is 6.07 Å². The van der Waals surface area contributed by atoms with E-state index >= 15 is 0 Å². The predicted molar refractivity (Wildman–Crippen MR) is 76.8 cm³/mol. The van der Waals surface area contributed by atoms with Crippen molar-refractivity contribution >= 4 is 33.5 Å². The first-order chi connectivity index (χ1) is 9.43. The first kappa shape index (κ1) is 15.7. The number of carboxylic acids is 1. The molecule has 20 heavy (non-hydrogen) atoms. The molecule has 0 heterocycles. The Kier molecular flexibility index (Phi) is 5.74. The van der Waals surface area contributed by atoms with Crippen molar-refractivity contribution < 1.29 is 14.7 Å². The van der Waals surface area contributed by atoms with Crippen molar-refractivity contribution in [2.75, 3.05) is 11.9 Å². The van der Waals surface area contributed by atoms with E-state index in [2.05, 4.69) is 26.6 Å². The lowest BCUT2D eigenvalue weighted by Crippen LogP contribution is -2.30. The highest BCUT2D eigenvalue weighted by molar-refractivity contribution is 9.10. The number of carbonyl (C=O) groups excluding carboxylic acids is 1. The molecule has 0 aromatic heterocycles. The van der Waals surface area contributed by atoms with E-state index < -0.39 is 18.4 Å². The Morgan fingerprint density at radius 2 is 2.20 bits per heavy atom. The summed E-state index contributed by atoms with van der Waals surface area (Å²) >= 11 is 3.35. The first-order valence-electron chi connectivity index (χ1n) is 5.57. The maximum atomic E-state index is 11.5. The first-order valence-corrected chi connectivity index (χ1v) is 6.36. The smallest absolute Gasteiger partial charge is 0.322 e. The van der Waals surface area contributed by atoms with Gasteiger partial charge in [-0.15, -0.1) is 0 Å². The Bertz CT molecular complexity index is 605. The lowest BCUT2D eigenvalue weighted by atomic mass is 10.2. The minimum atomic E-state index is -1.18. The Morgan fingerprint density at radius 3 is 2.75 bits per heavy atom. The largest absolute Gasteiger partial charge is 0.480 e. The number of rotatable bonds is 5. The Labute approximate surface area is 124 Å². The zero-order chi connectivity index (χ0) is 15.1. The third-order valence-electron chi connectivity index (χ3n) is 2.26. The number of aliphatic carboxylic acids is 1. The van der Waals surface area contributed by atoms with Gasteiger partial charge in [-0.3, -0.25) is 9.59 Å². The molecule has 6 nitrogen and oxygen atoms in total. The van der Waals surface area contributed by atoms with Crippen molar-refractivity contribution in [1.29, 1.82) is 5.26 Å². The van der Waals surface area contributed by atoms with Gasteiger partial charge in [0.05, 0.1) is 5.69 Å². The zero-order valence-corrected chi connectivity index (χ0v) is 12.2. The number of halogens is 1. The summed E-state index contributed by atoms with van der Waals surface area (Å²) in [6, 6.07) is 7.25. The molecule has 104 valence electrons. The quantitative estimate of drug-likeness (QED) is 0.561. The second-order valence-corrected chi connectivity index (χ2v) is 4.73. The number of carboxylic acid groups (broad SMARTS) is 1. The molecule has 0 fully saturated rings. The molecule has 0 radical (unpaired) electrons. The van der Waals surface area contributed by atoms with Gasteiger partial charge in [0.2, 0.25) is 0 Å². The number of nitrogens with one attached hydrogen (secondary N) is 2. The Morgan fingerprint density at radius 1 is 1.50 bits per heavy atom. The summed E-state index contributed by atoms with van der Waals surface area (Å²) in [5, 5.41) is 22.3. The number of amides is 1. The van der Waals surface area contributed by atoms with Gasteiger partial charge >= 0.3 is 5.97 Å². The van der Waals surface area contributed by atoms with Crippen LogP contribution in [0.3, 0.4) is 0 Å². The van der Waals surface area contributed by atoms with Crippen molar-refractivity contribution in [2.24, 2.45) is 0 Å². The molecule has 0 spiro atoms. The maximum Gasteiger partial charge on any atom is 0.322 e. The van der Waals surface area contributed by atoms with Gasteiger partial charge in [-0.25, -0.2) is 0 Å². The number of nitrogens with zero attached hydrogens (tertiary/aromatic N) is 1. The average Bonchev–Trinajstić information content (AvgIpc) is 2.39. The maximum absolute atomic E-state index is 11.5. The van der Waals surface area contributed by atoms with Gasteiger partial charge in [-0.05, 0) is 40.5 Å². The fourth-order valence-electron chi connectivity index (χ4n) is 1.29. The van der Waals surface area contributed by atoms with Gasteiger partial charge in [0.25, 0.3) is 5.91 Å². The van der Waals surface area contributed by atoms with E-state index in [0.29, 0.717) is 5.69 Å². The second-order valence-electron chi connectivity index (χ2n) is 3.87. The summed E-state index contributed by atoms with van der Waals surface area (Å²) in [5.41, 5.74) is 1.54. The third kappa shape index (κ3) is 4.74. The summed E-state index contributed by atoms with van der Waals surface area (Å²) < 4.78 is 0.789. The summed E-state index contributed by atoms with van der Waals surface area (Å²) in [7, 11) is 0. The highest BCUT2D eigenvalue weighted by Gasteiger charge is 2.10. The summed E-state index contributed by atoms with van der Waals surface area (Å²) in [6.45, 7) is 1.40. The van der Waals surface area contributed by atoms with Gasteiger partial charge in [-0.2, -0.15) is 5.26 Å². The summed E-state index contributed by atoms with van der Waals surface area (Å²) in [5.74, 6) is -1.92. The van der Waals surface area contributed by atoms with E-state index in [9.17, 15) is 9.59 Å². The van der Waals surface area contributed by atoms with Crippen molar-refractivity contribution in [1.82, 2.24) is 5.32 Å². The molecular formula is C13H12BrN3O3. The Balaban J connectivity index is 2.77. The number of anilines is 1. The molecule has 3 N–H and O–H groups in total. The van der Waals surface area contributed by atoms with E-state index in [0.717, 1.165) is 10.0 Å². The van der Waals surface area contributed by atoms with Crippen LogP contribution in [0.5, 0.6) is 0 Å². The van der Waals surface area contributed by atoms with Gasteiger partial charge in [0, 0.05) is 10.7 Å². The minimum absolute atomic E-state index is 0.210. The van der Waals surface area contributed by atoms with E-state index in [-0.39, 0.29) is 5.57 Å². The molecule has 0 saturated heterocycles. The van der Waals surface area contributed by atoms with Crippen LogP contribution in [0.15, 0.2) is 34.4 Å². The molecule has 1 rings (SSSR count). The molecule has 0 atom stereocenters. The van der Waals surface area contributed by atoms with Crippen LogP contribution in [0.25, 0.3) is 0 Å². The highest BCUT2D eigenvalue weighted by atomic mass is 79.9. The van der Waals surface area contributed by atoms with Crippen LogP contribution < -0.4 is 10.6 Å². The lowest BCUT2D eigenvalue weighted by Gasteiger charge is -2.06. The number of carbonyl (C=O) groups is 2. The van der Waals surface area contributed by atoms with Crippen LogP contribution in [0.2, 0.25) is 0 Å². The molecule has 0 saturated carbocycles. The SMILES string of the molecule is Cc1ccc(N/C=C(/C#N)C(=O)NCC(=O)O)c(Br)c1. The van der Waals surface area contributed by atoms with Crippen LogP contribution in [-0.2, 0) is 9.59 Å². The van der Waals surface area contributed by atoms with Crippen molar-refractivity contribution in [3.8, 4) is 6.07 Å². The summed E-state index contributed by atoms with van der Waals surface area (Å²) in [4.78, 5) is 21.9. The topological polar surface area (TPSA) is 102 Å². The van der Waals surface area contributed by atoms with Crippen LogP contribution in [-0.4, -0.2) is 23.5 Å². The van der Waals surface area contributed by atoms with E-state index in [1.165, 1.54) is 6.20 Å². The van der Waals surface area contributed by atoms with Crippen LogP contribution in [0, 0.1) is 18.3 Å². The fourth-order valence-corrected chi connectivity index (χ4v) is 1.89. The zero-order valence-electron chi connectivity index (χ0n) is 10.6. The fraction of sp³-hybridized carbons (Fsp3) is 0.154.